The molecule has 0 aliphatic rings. The van der Waals surface area contributed by atoms with Crippen LogP contribution in [0.3, 0.4) is 0 Å². The summed E-state index contributed by atoms with van der Waals surface area (Å²) in [5.74, 6) is -0.0346. The van der Waals surface area contributed by atoms with Gasteiger partial charge >= 0.3 is 5.97 Å². The lowest BCUT2D eigenvalue weighted by Gasteiger charge is -2.31. The minimum Gasteiger partial charge on any atom is -0.478 e. The average Bonchev–Trinajstić information content (AvgIpc) is 2.71. The number of carbonyl (C=O) groups is 1. The zero-order valence-electron chi connectivity index (χ0n) is 13.5. The van der Waals surface area contributed by atoms with E-state index in [-0.39, 0.29) is 0 Å². The third kappa shape index (κ3) is 4.32. The Morgan fingerprint density at radius 1 is 1.57 bits per heavy atom. The molecule has 21 heavy (non-hydrogen) atoms. The van der Waals surface area contributed by atoms with E-state index in [2.05, 4.69) is 23.8 Å². The van der Waals surface area contributed by atoms with Gasteiger partial charge in [-0.1, -0.05) is 6.92 Å². The average molecular weight is 295 g/mol. The number of carboxylic acid groups (broad SMARTS) is 1. The monoisotopic (exact) mass is 295 g/mol. The summed E-state index contributed by atoms with van der Waals surface area (Å²) in [6.07, 6.45) is 3.75. The Hall–Kier alpha value is -1.82. The maximum absolute atomic E-state index is 10.8. The fraction of sp³-hybridized carbons (Fsp3) is 0.600. The fourth-order valence-electron chi connectivity index (χ4n) is 2.30. The second-order valence-corrected chi connectivity index (χ2v) is 5.06. The summed E-state index contributed by atoms with van der Waals surface area (Å²) < 4.78 is 6.99. The molecule has 0 aromatic carbocycles. The van der Waals surface area contributed by atoms with Crippen molar-refractivity contribution >= 4 is 17.9 Å². The molecule has 1 aromatic heterocycles. The van der Waals surface area contributed by atoms with Crippen LogP contribution in [0.4, 0.5) is 5.82 Å². The predicted octanol–water partition coefficient (Wildman–Crippen LogP) is 2.08. The van der Waals surface area contributed by atoms with Crippen LogP contribution in [0.1, 0.15) is 31.5 Å². The Kier molecular flexibility index (Phi) is 6.42. The summed E-state index contributed by atoms with van der Waals surface area (Å²) in [5.41, 5.74) is 1.66. The van der Waals surface area contributed by atoms with Crippen molar-refractivity contribution in [1.82, 2.24) is 9.78 Å². The summed E-state index contributed by atoms with van der Waals surface area (Å²) >= 11 is 0. The Morgan fingerprint density at radius 2 is 2.24 bits per heavy atom. The minimum absolute atomic E-state index is 0.312. The molecular formula is C15H25N3O3. The van der Waals surface area contributed by atoms with Gasteiger partial charge < -0.3 is 14.7 Å². The Morgan fingerprint density at radius 3 is 2.76 bits per heavy atom. The number of methoxy groups -OCH3 is 1. The van der Waals surface area contributed by atoms with Crippen LogP contribution in [-0.2, 0) is 16.6 Å². The van der Waals surface area contributed by atoms with E-state index in [9.17, 15) is 4.79 Å². The summed E-state index contributed by atoms with van der Waals surface area (Å²) in [6.45, 7) is 7.49. The quantitative estimate of drug-likeness (QED) is 0.744. The molecular weight excluding hydrogens is 270 g/mol. The Balaban J connectivity index is 3.25. The van der Waals surface area contributed by atoms with Crippen molar-refractivity contribution in [1.29, 1.82) is 0 Å². The van der Waals surface area contributed by atoms with Crippen LogP contribution in [0.5, 0.6) is 0 Å². The first-order valence-electron chi connectivity index (χ1n) is 7.12. The van der Waals surface area contributed by atoms with Crippen molar-refractivity contribution in [2.24, 2.45) is 7.05 Å². The van der Waals surface area contributed by atoms with Gasteiger partial charge in [-0.2, -0.15) is 5.10 Å². The molecule has 0 saturated heterocycles. The lowest BCUT2D eigenvalue weighted by Crippen LogP contribution is -2.37. The highest BCUT2D eigenvalue weighted by molar-refractivity contribution is 5.87. The van der Waals surface area contributed by atoms with Gasteiger partial charge in [0, 0.05) is 38.4 Å². The van der Waals surface area contributed by atoms with Crippen molar-refractivity contribution in [3.05, 3.63) is 17.3 Å². The minimum atomic E-state index is -0.962. The van der Waals surface area contributed by atoms with Gasteiger partial charge in [0.1, 0.15) is 5.82 Å². The first-order valence-corrected chi connectivity index (χ1v) is 7.12. The zero-order chi connectivity index (χ0) is 16.0. The van der Waals surface area contributed by atoms with Crippen molar-refractivity contribution < 1.29 is 14.6 Å². The van der Waals surface area contributed by atoms with Crippen LogP contribution in [-0.4, -0.2) is 47.2 Å². The second-order valence-electron chi connectivity index (χ2n) is 5.06. The fourth-order valence-corrected chi connectivity index (χ4v) is 2.30. The number of anilines is 1. The van der Waals surface area contributed by atoms with Gasteiger partial charge in [-0.25, -0.2) is 4.79 Å². The lowest BCUT2D eigenvalue weighted by molar-refractivity contribution is -0.131. The third-order valence-corrected chi connectivity index (χ3v) is 3.56. The number of ether oxygens (including phenoxy) is 1. The van der Waals surface area contributed by atoms with E-state index in [4.69, 9.17) is 9.84 Å². The molecule has 0 amide bonds. The van der Waals surface area contributed by atoms with Crippen LogP contribution in [0.25, 0.3) is 6.08 Å². The van der Waals surface area contributed by atoms with Crippen molar-refractivity contribution in [3.8, 4) is 0 Å². The van der Waals surface area contributed by atoms with Crippen molar-refractivity contribution in [2.45, 2.75) is 33.2 Å². The van der Waals surface area contributed by atoms with Gasteiger partial charge in [0.2, 0.25) is 0 Å². The smallest absolute Gasteiger partial charge is 0.328 e. The molecule has 6 heteroatoms. The normalized spacial score (nSPS) is 12.8. The van der Waals surface area contributed by atoms with Gasteiger partial charge in [-0.3, -0.25) is 4.68 Å². The van der Waals surface area contributed by atoms with Crippen LogP contribution in [0, 0.1) is 6.92 Å². The molecule has 1 rings (SSSR count). The number of hydrogen-bond donors (Lipinski definition) is 1. The van der Waals surface area contributed by atoms with Gasteiger partial charge in [-0.05, 0) is 26.3 Å². The SMILES string of the molecule is CCC(C)N(CCOC)c1c(C=CC(=O)O)c(C)nn1C. The molecule has 0 bridgehead atoms. The molecule has 6 nitrogen and oxygen atoms in total. The van der Waals surface area contributed by atoms with Gasteiger partial charge in [0.15, 0.2) is 0 Å². The number of carboxylic acids is 1. The van der Waals surface area contributed by atoms with Gasteiger partial charge in [0.25, 0.3) is 0 Å². The Labute approximate surface area is 126 Å². The number of aromatic nitrogens is 2. The molecule has 1 heterocycles. The van der Waals surface area contributed by atoms with E-state index in [1.807, 2.05) is 14.0 Å². The standard InChI is InChI=1S/C15H25N3O3/c1-6-11(2)18(9-10-21-5)15-13(7-8-14(19)20)12(3)16-17(15)4/h7-8,11H,6,9-10H2,1-5H3,(H,19,20). The maximum atomic E-state index is 10.8. The summed E-state index contributed by atoms with van der Waals surface area (Å²) in [6, 6.07) is 0.312. The van der Waals surface area contributed by atoms with Gasteiger partial charge in [0.05, 0.1) is 12.3 Å². The highest BCUT2D eigenvalue weighted by Gasteiger charge is 2.21. The molecule has 0 aliphatic heterocycles. The highest BCUT2D eigenvalue weighted by Crippen LogP contribution is 2.27. The largest absolute Gasteiger partial charge is 0.478 e. The van der Waals surface area contributed by atoms with Crippen LogP contribution >= 0.6 is 0 Å². The lowest BCUT2D eigenvalue weighted by atomic mass is 10.1. The van der Waals surface area contributed by atoms with E-state index in [1.54, 1.807) is 17.9 Å². The third-order valence-electron chi connectivity index (χ3n) is 3.56. The van der Waals surface area contributed by atoms with E-state index in [1.165, 1.54) is 0 Å². The molecule has 0 aliphatic carbocycles. The number of rotatable bonds is 8. The molecule has 1 unspecified atom stereocenters. The molecule has 0 spiro atoms. The zero-order valence-corrected chi connectivity index (χ0v) is 13.5. The van der Waals surface area contributed by atoms with E-state index >= 15 is 0 Å². The Bertz CT molecular complexity index is 509. The van der Waals surface area contributed by atoms with Crippen LogP contribution in [0.15, 0.2) is 6.08 Å². The highest BCUT2D eigenvalue weighted by atomic mass is 16.5. The number of hydrogen-bond acceptors (Lipinski definition) is 4. The van der Waals surface area contributed by atoms with Crippen molar-refractivity contribution in [2.75, 3.05) is 25.2 Å². The number of aryl methyl sites for hydroxylation is 2. The van der Waals surface area contributed by atoms with E-state index in [0.717, 1.165) is 36.1 Å². The van der Waals surface area contributed by atoms with E-state index < -0.39 is 5.97 Å². The molecule has 1 atom stereocenters. The molecule has 118 valence electrons. The molecule has 0 saturated carbocycles. The second kappa shape index (κ2) is 7.83. The summed E-state index contributed by atoms with van der Waals surface area (Å²) in [4.78, 5) is 13.0. The first-order chi connectivity index (χ1) is 9.92. The number of nitrogens with zero attached hydrogens (tertiary/aromatic N) is 3. The summed E-state index contributed by atoms with van der Waals surface area (Å²) in [5, 5.41) is 13.3. The van der Waals surface area contributed by atoms with Crippen LogP contribution < -0.4 is 4.90 Å². The topological polar surface area (TPSA) is 67.6 Å². The maximum Gasteiger partial charge on any atom is 0.328 e. The van der Waals surface area contributed by atoms with Crippen LogP contribution in [0.2, 0.25) is 0 Å². The summed E-state index contributed by atoms with van der Waals surface area (Å²) in [7, 11) is 3.55. The number of aliphatic carboxylic acids is 1. The van der Waals surface area contributed by atoms with Crippen molar-refractivity contribution in [3.63, 3.8) is 0 Å². The predicted molar refractivity (Wildman–Crippen MR) is 83.6 cm³/mol. The molecule has 0 radical (unpaired) electrons. The molecule has 1 N–H and O–H groups in total. The molecule has 0 fully saturated rings. The van der Waals surface area contributed by atoms with Gasteiger partial charge in [-0.15, -0.1) is 0 Å². The van der Waals surface area contributed by atoms with E-state index in [0.29, 0.717) is 12.6 Å². The molecule has 1 aromatic rings. The first kappa shape index (κ1) is 17.2.